The number of hydrogen-bond donors (Lipinski definition) is 1. The van der Waals surface area contributed by atoms with Crippen LogP contribution in [0, 0.1) is 0 Å². The predicted molar refractivity (Wildman–Crippen MR) is 61.5 cm³/mol. The normalized spacial score (nSPS) is 32.8. The Hall–Kier alpha value is -0.160. The zero-order valence-corrected chi connectivity index (χ0v) is 10.7. The predicted octanol–water partition coefficient (Wildman–Crippen LogP) is 1.35. The van der Waals surface area contributed by atoms with Crippen LogP contribution in [0.4, 0.5) is 0 Å². The second kappa shape index (κ2) is 6.55. The fourth-order valence-electron chi connectivity index (χ4n) is 1.90. The lowest BCUT2D eigenvalue weighted by Crippen LogP contribution is -2.32. The van der Waals surface area contributed by atoms with E-state index in [2.05, 4.69) is 0 Å². The summed E-state index contributed by atoms with van der Waals surface area (Å²) in [4.78, 5) is 0. The quantitative estimate of drug-likeness (QED) is 0.781. The summed E-state index contributed by atoms with van der Waals surface area (Å²) in [5.74, 6) is 0. The zero-order chi connectivity index (χ0) is 12.1. The van der Waals surface area contributed by atoms with E-state index < -0.39 is 0 Å². The van der Waals surface area contributed by atoms with Gasteiger partial charge in [0.15, 0.2) is 0 Å². The highest BCUT2D eigenvalue weighted by atomic mass is 16.6. The minimum absolute atomic E-state index is 0.164. The van der Waals surface area contributed by atoms with Gasteiger partial charge in [0.05, 0.1) is 18.8 Å². The van der Waals surface area contributed by atoms with Gasteiger partial charge in [0.1, 0.15) is 12.2 Å². The standard InChI is InChI=1S/C9H16O3.C3H8O/c1-6(2)12-8-5-11-7-3-4-10-9(7)8;1-3(2)4/h6-9H,3-5H2,1-2H3;3-4H,1-2H3/t7-,8-,9+;/m1./s1. The summed E-state index contributed by atoms with van der Waals surface area (Å²) in [6.07, 6.45) is 1.79. The maximum absolute atomic E-state index is 8.06. The maximum Gasteiger partial charge on any atom is 0.112 e. The molecule has 0 amide bonds. The van der Waals surface area contributed by atoms with Crippen LogP contribution in [0.3, 0.4) is 0 Å². The smallest absolute Gasteiger partial charge is 0.112 e. The Morgan fingerprint density at radius 1 is 1.19 bits per heavy atom. The fraction of sp³-hybridized carbons (Fsp3) is 1.00. The molecule has 2 aliphatic heterocycles. The van der Waals surface area contributed by atoms with E-state index in [1.54, 1.807) is 13.8 Å². The first-order valence-corrected chi connectivity index (χ1v) is 6.07. The van der Waals surface area contributed by atoms with Crippen molar-refractivity contribution in [3.8, 4) is 0 Å². The van der Waals surface area contributed by atoms with Crippen LogP contribution < -0.4 is 0 Å². The Morgan fingerprint density at radius 2 is 1.81 bits per heavy atom. The molecule has 0 aromatic heterocycles. The largest absolute Gasteiger partial charge is 0.394 e. The van der Waals surface area contributed by atoms with E-state index in [9.17, 15) is 0 Å². The van der Waals surface area contributed by atoms with Gasteiger partial charge in [-0.15, -0.1) is 0 Å². The number of hydrogen-bond acceptors (Lipinski definition) is 4. The van der Waals surface area contributed by atoms with E-state index in [1.165, 1.54) is 0 Å². The SMILES string of the molecule is CC(C)O.CC(C)O[C@@H]1CO[C@@H]2CCO[C@@H]21. The molecule has 0 bridgehead atoms. The number of rotatable bonds is 2. The van der Waals surface area contributed by atoms with Crippen molar-refractivity contribution < 1.29 is 19.3 Å². The van der Waals surface area contributed by atoms with Gasteiger partial charge >= 0.3 is 0 Å². The molecule has 0 unspecified atom stereocenters. The molecule has 0 spiro atoms. The van der Waals surface area contributed by atoms with Crippen LogP contribution in [0.25, 0.3) is 0 Å². The van der Waals surface area contributed by atoms with Gasteiger partial charge in [-0.3, -0.25) is 0 Å². The van der Waals surface area contributed by atoms with Gasteiger partial charge in [-0.2, -0.15) is 0 Å². The maximum atomic E-state index is 8.06. The molecule has 3 atom stereocenters. The van der Waals surface area contributed by atoms with E-state index in [-0.39, 0.29) is 24.4 Å². The van der Waals surface area contributed by atoms with Gasteiger partial charge in [-0.1, -0.05) is 0 Å². The molecular formula is C12H24O4. The third-order valence-electron chi connectivity index (χ3n) is 2.37. The van der Waals surface area contributed by atoms with Gasteiger partial charge in [-0.05, 0) is 34.1 Å². The molecule has 0 saturated carbocycles. The molecule has 1 N–H and O–H groups in total. The van der Waals surface area contributed by atoms with Crippen LogP contribution >= 0.6 is 0 Å². The Morgan fingerprint density at radius 3 is 2.38 bits per heavy atom. The first-order chi connectivity index (χ1) is 7.50. The van der Waals surface area contributed by atoms with E-state index in [4.69, 9.17) is 19.3 Å². The topological polar surface area (TPSA) is 47.9 Å². The highest BCUT2D eigenvalue weighted by Gasteiger charge is 2.42. The zero-order valence-electron chi connectivity index (χ0n) is 10.7. The molecule has 0 radical (unpaired) electrons. The number of aliphatic hydroxyl groups is 1. The lowest BCUT2D eigenvalue weighted by Gasteiger charge is -2.18. The van der Waals surface area contributed by atoms with E-state index in [0.717, 1.165) is 13.0 Å². The molecule has 2 fully saturated rings. The first-order valence-electron chi connectivity index (χ1n) is 6.07. The van der Waals surface area contributed by atoms with E-state index in [1.807, 2.05) is 13.8 Å². The van der Waals surface area contributed by atoms with Gasteiger partial charge < -0.3 is 19.3 Å². The molecule has 2 rings (SSSR count). The summed E-state index contributed by atoms with van der Waals surface area (Å²) in [6, 6.07) is 0. The minimum Gasteiger partial charge on any atom is -0.394 e. The Kier molecular flexibility index (Phi) is 5.69. The monoisotopic (exact) mass is 232 g/mol. The van der Waals surface area contributed by atoms with E-state index in [0.29, 0.717) is 12.7 Å². The second-order valence-corrected chi connectivity index (χ2v) is 4.81. The van der Waals surface area contributed by atoms with Crippen molar-refractivity contribution in [3.63, 3.8) is 0 Å². The van der Waals surface area contributed by atoms with Crippen molar-refractivity contribution in [2.45, 2.75) is 64.6 Å². The van der Waals surface area contributed by atoms with Crippen molar-refractivity contribution in [1.82, 2.24) is 0 Å². The third-order valence-corrected chi connectivity index (χ3v) is 2.37. The molecule has 2 heterocycles. The van der Waals surface area contributed by atoms with Gasteiger partial charge in [0.2, 0.25) is 0 Å². The van der Waals surface area contributed by atoms with Gasteiger partial charge in [0, 0.05) is 12.7 Å². The summed E-state index contributed by atoms with van der Waals surface area (Å²) in [5.41, 5.74) is 0. The van der Waals surface area contributed by atoms with Crippen molar-refractivity contribution >= 4 is 0 Å². The van der Waals surface area contributed by atoms with Crippen LogP contribution in [0.1, 0.15) is 34.1 Å². The molecule has 2 aliphatic rings. The molecule has 4 heteroatoms. The molecule has 0 aromatic carbocycles. The van der Waals surface area contributed by atoms with Crippen molar-refractivity contribution in [2.75, 3.05) is 13.2 Å². The average Bonchev–Trinajstić information content (AvgIpc) is 2.67. The first kappa shape index (κ1) is 13.9. The minimum atomic E-state index is -0.167. The molecule has 16 heavy (non-hydrogen) atoms. The molecule has 0 aromatic rings. The second-order valence-electron chi connectivity index (χ2n) is 4.81. The Balaban J connectivity index is 0.000000280. The highest BCUT2D eigenvalue weighted by Crippen LogP contribution is 2.28. The molecule has 0 aliphatic carbocycles. The summed E-state index contributed by atoms with van der Waals surface area (Å²) in [5, 5.41) is 8.06. The van der Waals surface area contributed by atoms with Crippen LogP contribution in [0.2, 0.25) is 0 Å². The van der Waals surface area contributed by atoms with Crippen LogP contribution in [0.5, 0.6) is 0 Å². The van der Waals surface area contributed by atoms with Crippen molar-refractivity contribution in [3.05, 3.63) is 0 Å². The number of aliphatic hydroxyl groups excluding tert-OH is 1. The van der Waals surface area contributed by atoms with Crippen LogP contribution in [-0.2, 0) is 14.2 Å². The van der Waals surface area contributed by atoms with Crippen LogP contribution in [-0.4, -0.2) is 48.8 Å². The summed E-state index contributed by atoms with van der Waals surface area (Å²) in [7, 11) is 0. The molecule has 4 nitrogen and oxygen atoms in total. The van der Waals surface area contributed by atoms with E-state index >= 15 is 0 Å². The highest BCUT2D eigenvalue weighted by molar-refractivity contribution is 4.89. The summed E-state index contributed by atoms with van der Waals surface area (Å²) in [6.45, 7) is 9.06. The van der Waals surface area contributed by atoms with Gasteiger partial charge in [0.25, 0.3) is 0 Å². The molecule has 96 valence electrons. The van der Waals surface area contributed by atoms with Crippen molar-refractivity contribution in [1.29, 1.82) is 0 Å². The third kappa shape index (κ3) is 4.37. The molecule has 2 saturated heterocycles. The van der Waals surface area contributed by atoms with Crippen LogP contribution in [0.15, 0.2) is 0 Å². The lowest BCUT2D eigenvalue weighted by atomic mass is 10.1. The summed E-state index contributed by atoms with van der Waals surface area (Å²) >= 11 is 0. The lowest BCUT2D eigenvalue weighted by molar-refractivity contribution is -0.0568. The fourth-order valence-corrected chi connectivity index (χ4v) is 1.90. The Labute approximate surface area is 97.9 Å². The summed E-state index contributed by atoms with van der Waals surface area (Å²) < 4.78 is 16.8. The number of fused-ring (bicyclic) bond motifs is 1. The number of ether oxygens (including phenoxy) is 3. The average molecular weight is 232 g/mol. The van der Waals surface area contributed by atoms with Crippen molar-refractivity contribution in [2.24, 2.45) is 0 Å². The molecular weight excluding hydrogens is 208 g/mol. The van der Waals surface area contributed by atoms with Gasteiger partial charge in [-0.25, -0.2) is 0 Å². The Bertz CT molecular complexity index is 191.